The van der Waals surface area contributed by atoms with Crippen molar-refractivity contribution in [1.29, 1.82) is 0 Å². The summed E-state index contributed by atoms with van der Waals surface area (Å²) in [5, 5.41) is 0. The van der Waals surface area contributed by atoms with Crippen LogP contribution in [0.25, 0.3) is 6.08 Å². The summed E-state index contributed by atoms with van der Waals surface area (Å²) in [5.74, 6) is 0.998. The Kier molecular flexibility index (Phi) is 3.12. The van der Waals surface area contributed by atoms with Gasteiger partial charge in [-0.1, -0.05) is 18.2 Å². The zero-order chi connectivity index (χ0) is 11.5. The molecule has 0 spiro atoms. The molecule has 1 saturated heterocycles. The van der Waals surface area contributed by atoms with Gasteiger partial charge in [0.05, 0.1) is 13.2 Å². The maximum Gasteiger partial charge on any atom is 0.127 e. The Hall–Kier alpha value is -1.32. The molecule has 0 aliphatic carbocycles. The van der Waals surface area contributed by atoms with Crippen LogP contribution in [0.15, 0.2) is 29.8 Å². The van der Waals surface area contributed by atoms with Gasteiger partial charge in [-0.05, 0) is 17.7 Å². The van der Waals surface area contributed by atoms with E-state index in [4.69, 9.17) is 9.47 Å². The van der Waals surface area contributed by atoms with E-state index in [2.05, 4.69) is 23.1 Å². The van der Waals surface area contributed by atoms with Crippen molar-refractivity contribution >= 4 is 6.08 Å². The van der Waals surface area contributed by atoms with Crippen molar-refractivity contribution in [2.45, 2.75) is 0 Å². The van der Waals surface area contributed by atoms with Crippen LogP contribution in [0, 0.1) is 0 Å². The molecule has 0 radical (unpaired) electrons. The van der Waals surface area contributed by atoms with Crippen LogP contribution >= 0.6 is 0 Å². The molecule has 1 aromatic rings. The van der Waals surface area contributed by atoms with E-state index < -0.39 is 0 Å². The highest BCUT2D eigenvalue weighted by molar-refractivity contribution is 5.62. The first-order valence-corrected chi connectivity index (χ1v) is 6.13. The number of hydrogen-bond acceptors (Lipinski definition) is 3. The van der Waals surface area contributed by atoms with E-state index in [9.17, 15) is 0 Å². The van der Waals surface area contributed by atoms with E-state index >= 15 is 0 Å². The molecule has 0 unspecified atom stereocenters. The van der Waals surface area contributed by atoms with E-state index in [1.165, 1.54) is 11.1 Å². The molecule has 90 valence electrons. The van der Waals surface area contributed by atoms with Gasteiger partial charge >= 0.3 is 0 Å². The number of para-hydroxylation sites is 1. The molecular weight excluding hydrogens is 214 g/mol. The van der Waals surface area contributed by atoms with E-state index in [1.807, 2.05) is 12.1 Å². The molecule has 2 aliphatic heterocycles. The Morgan fingerprint density at radius 2 is 1.94 bits per heavy atom. The third kappa shape index (κ3) is 2.51. The smallest absolute Gasteiger partial charge is 0.127 e. The summed E-state index contributed by atoms with van der Waals surface area (Å²) in [4.78, 5) is 2.42. The number of rotatable bonds is 2. The van der Waals surface area contributed by atoms with Crippen LogP contribution in [0.3, 0.4) is 0 Å². The molecule has 0 aromatic heterocycles. The van der Waals surface area contributed by atoms with Crippen molar-refractivity contribution in [2.75, 3.05) is 39.5 Å². The van der Waals surface area contributed by atoms with Crippen molar-refractivity contribution in [3.8, 4) is 5.75 Å². The molecule has 3 rings (SSSR count). The van der Waals surface area contributed by atoms with Crippen molar-refractivity contribution < 1.29 is 9.47 Å². The van der Waals surface area contributed by atoms with Gasteiger partial charge in [-0.25, -0.2) is 0 Å². The second-order valence-corrected chi connectivity index (χ2v) is 4.52. The Bertz CT molecular complexity index is 422. The fourth-order valence-corrected chi connectivity index (χ4v) is 2.30. The first-order valence-electron chi connectivity index (χ1n) is 6.13. The molecular formula is C14H17NO2. The number of ether oxygens (including phenoxy) is 2. The summed E-state index contributed by atoms with van der Waals surface area (Å²) in [5.41, 5.74) is 2.55. The summed E-state index contributed by atoms with van der Waals surface area (Å²) in [6.07, 6.45) is 2.26. The predicted molar refractivity (Wildman–Crippen MR) is 67.2 cm³/mol. The lowest BCUT2D eigenvalue weighted by Crippen LogP contribution is -2.38. The van der Waals surface area contributed by atoms with Gasteiger partial charge in [-0.3, -0.25) is 4.90 Å². The zero-order valence-electron chi connectivity index (χ0n) is 9.89. The molecule has 0 N–H and O–H groups in total. The lowest BCUT2D eigenvalue weighted by Gasteiger charge is -2.28. The van der Waals surface area contributed by atoms with Gasteiger partial charge in [0.15, 0.2) is 0 Å². The Morgan fingerprint density at radius 1 is 1.12 bits per heavy atom. The molecule has 2 aliphatic rings. The van der Waals surface area contributed by atoms with E-state index in [0.29, 0.717) is 6.61 Å². The van der Waals surface area contributed by atoms with Crippen molar-refractivity contribution in [1.82, 2.24) is 4.90 Å². The normalized spacial score (nSPS) is 20.4. The third-order valence-corrected chi connectivity index (χ3v) is 3.22. The molecule has 0 atom stereocenters. The van der Waals surface area contributed by atoms with E-state index in [1.54, 1.807) is 0 Å². The minimum atomic E-state index is 0.717. The maximum atomic E-state index is 5.75. The number of hydrogen-bond donors (Lipinski definition) is 0. The average Bonchev–Trinajstić information content (AvgIpc) is 2.40. The van der Waals surface area contributed by atoms with Crippen LogP contribution in [-0.2, 0) is 4.74 Å². The number of benzene rings is 1. The highest BCUT2D eigenvalue weighted by Gasteiger charge is 2.15. The molecule has 0 bridgehead atoms. The minimum Gasteiger partial charge on any atom is -0.489 e. The topological polar surface area (TPSA) is 21.7 Å². The van der Waals surface area contributed by atoms with Crippen LogP contribution in [-0.4, -0.2) is 44.4 Å². The second kappa shape index (κ2) is 4.90. The first-order chi connectivity index (χ1) is 8.42. The SMILES string of the molecule is C1=C(CN2CCOCC2)COc2ccccc21. The molecule has 0 amide bonds. The quantitative estimate of drug-likeness (QED) is 0.774. The molecule has 0 saturated carbocycles. The van der Waals surface area contributed by atoms with Crippen molar-refractivity contribution in [3.63, 3.8) is 0 Å². The fourth-order valence-electron chi connectivity index (χ4n) is 2.30. The van der Waals surface area contributed by atoms with Crippen molar-refractivity contribution in [3.05, 3.63) is 35.4 Å². The molecule has 3 heteroatoms. The van der Waals surface area contributed by atoms with Crippen LogP contribution in [0.5, 0.6) is 5.75 Å². The van der Waals surface area contributed by atoms with Crippen LogP contribution in [0.1, 0.15) is 5.56 Å². The monoisotopic (exact) mass is 231 g/mol. The number of nitrogens with zero attached hydrogens (tertiary/aromatic N) is 1. The fraction of sp³-hybridized carbons (Fsp3) is 0.429. The molecule has 1 fully saturated rings. The minimum absolute atomic E-state index is 0.717. The molecule has 3 nitrogen and oxygen atoms in total. The zero-order valence-corrected chi connectivity index (χ0v) is 9.89. The maximum absolute atomic E-state index is 5.75. The second-order valence-electron chi connectivity index (χ2n) is 4.52. The van der Waals surface area contributed by atoms with Gasteiger partial charge in [0.25, 0.3) is 0 Å². The number of morpholine rings is 1. The predicted octanol–water partition coefficient (Wildman–Crippen LogP) is 1.79. The molecule has 1 aromatic carbocycles. The van der Waals surface area contributed by atoms with Crippen LogP contribution in [0.2, 0.25) is 0 Å². The third-order valence-electron chi connectivity index (χ3n) is 3.22. The van der Waals surface area contributed by atoms with Crippen LogP contribution in [0.4, 0.5) is 0 Å². The van der Waals surface area contributed by atoms with E-state index in [0.717, 1.165) is 38.6 Å². The van der Waals surface area contributed by atoms with Gasteiger partial charge in [0.2, 0.25) is 0 Å². The molecule has 17 heavy (non-hydrogen) atoms. The van der Waals surface area contributed by atoms with Gasteiger partial charge in [0.1, 0.15) is 12.4 Å². The Labute approximate surface area is 102 Å². The lowest BCUT2D eigenvalue weighted by atomic mass is 10.1. The highest BCUT2D eigenvalue weighted by Crippen LogP contribution is 2.25. The standard InChI is InChI=1S/C14H17NO2/c1-2-4-14-13(3-1)9-12(11-17-14)10-15-5-7-16-8-6-15/h1-4,9H,5-8,10-11H2. The Morgan fingerprint density at radius 3 is 2.82 bits per heavy atom. The number of fused-ring (bicyclic) bond motifs is 1. The Balaban J connectivity index is 1.70. The summed E-state index contributed by atoms with van der Waals surface area (Å²) in [6.45, 7) is 5.47. The first kappa shape index (κ1) is 10.8. The summed E-state index contributed by atoms with van der Waals surface area (Å²) in [6, 6.07) is 8.20. The van der Waals surface area contributed by atoms with Crippen LogP contribution < -0.4 is 4.74 Å². The van der Waals surface area contributed by atoms with Gasteiger partial charge < -0.3 is 9.47 Å². The largest absolute Gasteiger partial charge is 0.489 e. The summed E-state index contributed by atoms with van der Waals surface area (Å²) in [7, 11) is 0. The summed E-state index contributed by atoms with van der Waals surface area (Å²) >= 11 is 0. The van der Waals surface area contributed by atoms with E-state index in [-0.39, 0.29) is 0 Å². The highest BCUT2D eigenvalue weighted by atomic mass is 16.5. The van der Waals surface area contributed by atoms with Gasteiger partial charge in [-0.2, -0.15) is 0 Å². The summed E-state index contributed by atoms with van der Waals surface area (Å²) < 4.78 is 11.1. The lowest BCUT2D eigenvalue weighted by molar-refractivity contribution is 0.0414. The molecule has 2 heterocycles. The van der Waals surface area contributed by atoms with Crippen molar-refractivity contribution in [2.24, 2.45) is 0 Å². The average molecular weight is 231 g/mol. The van der Waals surface area contributed by atoms with Gasteiger partial charge in [0, 0.05) is 25.2 Å². The van der Waals surface area contributed by atoms with Gasteiger partial charge in [-0.15, -0.1) is 0 Å².